The van der Waals surface area contributed by atoms with Gasteiger partial charge in [-0.15, -0.1) is 0 Å². The molecule has 2 aromatic rings. The Bertz CT molecular complexity index is 951. The molecule has 0 bridgehead atoms. The van der Waals surface area contributed by atoms with Gasteiger partial charge < -0.3 is 10.1 Å². The molecule has 3 rings (SSSR count). The van der Waals surface area contributed by atoms with Gasteiger partial charge in [-0.1, -0.05) is 24.3 Å². The number of benzene rings is 2. The number of fused-ring (bicyclic) bond motifs is 1. The number of carbonyl (C=O) groups excluding carboxylic acids is 4. The molecule has 0 unspecified atom stereocenters. The summed E-state index contributed by atoms with van der Waals surface area (Å²) in [6.45, 7) is 2.89. The summed E-state index contributed by atoms with van der Waals surface area (Å²) in [5, 5.41) is 2.68. The first-order valence-corrected chi connectivity index (χ1v) is 8.35. The second-order valence-corrected chi connectivity index (χ2v) is 6.19. The molecule has 2 aromatic carbocycles. The number of rotatable bonds is 5. The van der Waals surface area contributed by atoms with Gasteiger partial charge in [-0.2, -0.15) is 0 Å². The molecule has 2 amide bonds. The summed E-state index contributed by atoms with van der Waals surface area (Å²) in [5.74, 6) is -2.70. The fourth-order valence-corrected chi connectivity index (χ4v) is 2.80. The van der Waals surface area contributed by atoms with Gasteiger partial charge in [0.05, 0.1) is 11.3 Å². The van der Waals surface area contributed by atoms with Crippen LogP contribution in [0.1, 0.15) is 21.5 Å². The molecule has 0 spiro atoms. The van der Waals surface area contributed by atoms with E-state index in [-0.39, 0.29) is 5.56 Å². The first-order chi connectivity index (χ1) is 12.9. The zero-order valence-corrected chi connectivity index (χ0v) is 14.9. The summed E-state index contributed by atoms with van der Waals surface area (Å²) in [6.07, 6.45) is 0. The molecule has 27 heavy (non-hydrogen) atoms. The van der Waals surface area contributed by atoms with Crippen molar-refractivity contribution in [3.63, 3.8) is 0 Å². The van der Waals surface area contributed by atoms with Gasteiger partial charge in [0.1, 0.15) is 6.54 Å². The average Bonchev–Trinajstić information content (AvgIpc) is 2.89. The van der Waals surface area contributed by atoms with Gasteiger partial charge in [0.2, 0.25) is 0 Å². The number of Topliss-reactive ketones (excluding diaryl/α,β-unsaturated/α-hetero) is 1. The quantitative estimate of drug-likeness (QED) is 0.645. The number of aryl methyl sites for hydroxylation is 1. The smallest absolute Gasteiger partial charge is 0.326 e. The predicted molar refractivity (Wildman–Crippen MR) is 98.6 cm³/mol. The van der Waals surface area contributed by atoms with E-state index in [1.807, 2.05) is 26.0 Å². The lowest BCUT2D eigenvalue weighted by molar-refractivity contribution is -0.146. The number of para-hydroxylation sites is 1. The van der Waals surface area contributed by atoms with Crippen LogP contribution < -0.4 is 10.2 Å². The molecule has 0 saturated carbocycles. The van der Waals surface area contributed by atoms with E-state index >= 15 is 0 Å². The van der Waals surface area contributed by atoms with Gasteiger partial charge in [0, 0.05) is 5.69 Å². The summed E-state index contributed by atoms with van der Waals surface area (Å²) in [6, 6.07) is 11.9. The number of nitrogens with zero attached hydrogens (tertiary/aromatic N) is 1. The van der Waals surface area contributed by atoms with E-state index in [0.29, 0.717) is 11.4 Å². The van der Waals surface area contributed by atoms with Gasteiger partial charge >= 0.3 is 5.97 Å². The van der Waals surface area contributed by atoms with Crippen molar-refractivity contribution in [1.82, 2.24) is 0 Å². The summed E-state index contributed by atoms with van der Waals surface area (Å²) >= 11 is 0. The van der Waals surface area contributed by atoms with E-state index in [2.05, 4.69) is 5.32 Å². The van der Waals surface area contributed by atoms with Crippen molar-refractivity contribution in [2.75, 3.05) is 23.4 Å². The van der Waals surface area contributed by atoms with Gasteiger partial charge in [0.15, 0.2) is 6.61 Å². The van der Waals surface area contributed by atoms with Crippen LogP contribution in [-0.4, -0.2) is 36.7 Å². The average molecular weight is 366 g/mol. The Hall–Kier alpha value is -3.48. The molecule has 1 aliphatic heterocycles. The highest BCUT2D eigenvalue weighted by molar-refractivity contribution is 6.52. The fourth-order valence-electron chi connectivity index (χ4n) is 2.80. The molecule has 7 nitrogen and oxygen atoms in total. The van der Waals surface area contributed by atoms with Crippen LogP contribution in [0.2, 0.25) is 0 Å². The lowest BCUT2D eigenvalue weighted by Crippen LogP contribution is -2.36. The van der Waals surface area contributed by atoms with E-state index in [9.17, 15) is 19.2 Å². The van der Waals surface area contributed by atoms with Gasteiger partial charge in [0.25, 0.3) is 17.6 Å². The van der Waals surface area contributed by atoms with Crippen LogP contribution in [0.25, 0.3) is 0 Å². The van der Waals surface area contributed by atoms with E-state index in [4.69, 9.17) is 4.74 Å². The van der Waals surface area contributed by atoms with Crippen molar-refractivity contribution in [2.45, 2.75) is 13.8 Å². The molecule has 0 radical (unpaired) electrons. The number of hydrogen-bond acceptors (Lipinski definition) is 5. The molecule has 0 aliphatic carbocycles. The lowest BCUT2D eigenvalue weighted by atomic mass is 10.1. The first kappa shape index (κ1) is 18.3. The Kier molecular flexibility index (Phi) is 5.03. The zero-order chi connectivity index (χ0) is 19.6. The van der Waals surface area contributed by atoms with Crippen molar-refractivity contribution in [3.05, 3.63) is 59.2 Å². The minimum Gasteiger partial charge on any atom is -0.454 e. The van der Waals surface area contributed by atoms with Crippen LogP contribution >= 0.6 is 0 Å². The maximum atomic E-state index is 12.0. The Balaban J connectivity index is 1.57. The van der Waals surface area contributed by atoms with Crippen LogP contribution in [-0.2, 0) is 19.1 Å². The summed E-state index contributed by atoms with van der Waals surface area (Å²) in [4.78, 5) is 49.0. The first-order valence-electron chi connectivity index (χ1n) is 8.35. The number of ketones is 1. The molecule has 0 fully saturated rings. The predicted octanol–water partition coefficient (Wildman–Crippen LogP) is 2.01. The SMILES string of the molecule is Cc1cccc(NC(=O)COC(=O)CN2C(=O)C(=O)c3ccccc32)c1C. The topological polar surface area (TPSA) is 92.8 Å². The van der Waals surface area contributed by atoms with Crippen molar-refractivity contribution in [1.29, 1.82) is 0 Å². The highest BCUT2D eigenvalue weighted by Crippen LogP contribution is 2.28. The van der Waals surface area contributed by atoms with Gasteiger partial charge in [-0.25, -0.2) is 0 Å². The van der Waals surface area contributed by atoms with E-state index < -0.39 is 36.7 Å². The minimum atomic E-state index is -0.784. The molecule has 7 heteroatoms. The summed E-state index contributed by atoms with van der Waals surface area (Å²) < 4.78 is 4.95. The van der Waals surface area contributed by atoms with Crippen molar-refractivity contribution in [3.8, 4) is 0 Å². The van der Waals surface area contributed by atoms with Crippen LogP contribution in [0, 0.1) is 13.8 Å². The molecule has 1 N–H and O–H groups in total. The van der Waals surface area contributed by atoms with E-state index in [0.717, 1.165) is 16.0 Å². The molecular formula is C20H18N2O5. The molecule has 1 aliphatic rings. The van der Waals surface area contributed by atoms with Crippen molar-refractivity contribution < 1.29 is 23.9 Å². The maximum absolute atomic E-state index is 12.0. The zero-order valence-electron chi connectivity index (χ0n) is 14.9. The fraction of sp³-hybridized carbons (Fsp3) is 0.200. The number of carbonyl (C=O) groups is 4. The summed E-state index contributed by atoms with van der Waals surface area (Å²) in [5.41, 5.74) is 3.22. The lowest BCUT2D eigenvalue weighted by Gasteiger charge is -2.15. The van der Waals surface area contributed by atoms with Crippen molar-refractivity contribution in [2.24, 2.45) is 0 Å². The second kappa shape index (κ2) is 7.41. The highest BCUT2D eigenvalue weighted by Gasteiger charge is 2.36. The van der Waals surface area contributed by atoms with E-state index in [1.165, 1.54) is 6.07 Å². The number of hydrogen-bond donors (Lipinski definition) is 1. The third-order valence-corrected chi connectivity index (χ3v) is 4.41. The number of ether oxygens (including phenoxy) is 1. The molecule has 0 aromatic heterocycles. The largest absolute Gasteiger partial charge is 0.454 e. The van der Waals surface area contributed by atoms with Gasteiger partial charge in [-0.3, -0.25) is 24.1 Å². The summed E-state index contributed by atoms with van der Waals surface area (Å²) in [7, 11) is 0. The Morgan fingerprint density at radius 2 is 1.78 bits per heavy atom. The molecule has 138 valence electrons. The third-order valence-electron chi connectivity index (χ3n) is 4.41. The van der Waals surface area contributed by atoms with Crippen LogP contribution in [0.5, 0.6) is 0 Å². The Morgan fingerprint density at radius 3 is 2.56 bits per heavy atom. The van der Waals surface area contributed by atoms with Gasteiger partial charge in [-0.05, 0) is 43.2 Å². The van der Waals surface area contributed by atoms with Crippen LogP contribution in [0.3, 0.4) is 0 Å². The Morgan fingerprint density at radius 1 is 1.04 bits per heavy atom. The standard InChI is InChI=1S/C20H18N2O5/c1-12-6-5-8-15(13(12)2)21-17(23)11-27-18(24)10-22-16-9-4-3-7-14(16)19(25)20(22)26/h3-9H,10-11H2,1-2H3,(H,21,23). The normalized spacial score (nSPS) is 12.7. The second-order valence-electron chi connectivity index (χ2n) is 6.19. The number of nitrogens with one attached hydrogen (secondary N) is 1. The molecule has 1 heterocycles. The minimum absolute atomic E-state index is 0.253. The highest BCUT2D eigenvalue weighted by atomic mass is 16.5. The monoisotopic (exact) mass is 366 g/mol. The number of anilines is 2. The third kappa shape index (κ3) is 3.72. The molecule has 0 atom stereocenters. The molecule has 0 saturated heterocycles. The molecular weight excluding hydrogens is 348 g/mol. The maximum Gasteiger partial charge on any atom is 0.326 e. The van der Waals surface area contributed by atoms with Crippen LogP contribution in [0.4, 0.5) is 11.4 Å². The number of amides is 2. The Labute approximate surface area is 155 Å². The van der Waals surface area contributed by atoms with Crippen molar-refractivity contribution >= 4 is 34.9 Å². The number of esters is 1. The van der Waals surface area contributed by atoms with Crippen LogP contribution in [0.15, 0.2) is 42.5 Å². The van der Waals surface area contributed by atoms with E-state index in [1.54, 1.807) is 24.3 Å².